The van der Waals surface area contributed by atoms with Crippen LogP contribution in [-0.4, -0.2) is 72.5 Å². The van der Waals surface area contributed by atoms with Gasteiger partial charge < -0.3 is 14.7 Å². The van der Waals surface area contributed by atoms with Gasteiger partial charge in [0.2, 0.25) is 15.9 Å². The number of benzene rings is 2. The minimum absolute atomic E-state index is 0.00386. The Hall–Kier alpha value is -3.78. The van der Waals surface area contributed by atoms with Gasteiger partial charge in [-0.05, 0) is 37.3 Å². The predicted octanol–water partition coefficient (Wildman–Crippen LogP) is 3.16. The highest BCUT2D eigenvalue weighted by atomic mass is 32.2. The molecule has 0 unspecified atom stereocenters. The molecule has 4 rings (SSSR count). The highest BCUT2D eigenvalue weighted by molar-refractivity contribution is 7.89. The van der Waals surface area contributed by atoms with E-state index in [-0.39, 0.29) is 47.5 Å². The Morgan fingerprint density at radius 1 is 1.18 bits per heavy atom. The number of fused-ring (bicyclic) bond motifs is 1. The zero-order valence-corrected chi connectivity index (χ0v) is 22.7. The third-order valence-corrected chi connectivity index (χ3v) is 8.46. The molecule has 3 aromatic rings. The van der Waals surface area contributed by atoms with Gasteiger partial charge in [-0.3, -0.25) is 4.79 Å². The number of carbonyl (C=O) groups excluding carboxylic acids is 1. The van der Waals surface area contributed by atoms with Gasteiger partial charge in [-0.25, -0.2) is 17.8 Å². The van der Waals surface area contributed by atoms with Crippen molar-refractivity contribution in [1.29, 1.82) is 0 Å². The van der Waals surface area contributed by atoms with E-state index < -0.39 is 33.9 Å². The van der Waals surface area contributed by atoms with Crippen LogP contribution in [0.25, 0.3) is 0 Å². The Balaban J connectivity index is 1.69. The Bertz CT molecular complexity index is 1500. The van der Waals surface area contributed by atoms with Gasteiger partial charge in [0.25, 0.3) is 5.91 Å². The number of halogens is 1. The number of hydrogen-bond acceptors (Lipinski definition) is 6. The van der Waals surface area contributed by atoms with E-state index in [1.54, 1.807) is 43.3 Å². The molecule has 0 bridgehead atoms. The van der Waals surface area contributed by atoms with Gasteiger partial charge in [0.1, 0.15) is 17.5 Å². The number of ether oxygens (including phenoxy) is 1. The average molecular weight is 552 g/mol. The summed E-state index contributed by atoms with van der Waals surface area (Å²) < 4.78 is 47.7. The summed E-state index contributed by atoms with van der Waals surface area (Å²) in [6.07, 6.45) is 0.768. The summed E-state index contributed by atoms with van der Waals surface area (Å²) in [5.74, 6) is 4.47. The molecule has 0 radical (unpaired) electrons. The fraction of sp³-hybridized carbons (Fsp3) is 0.310. The molecule has 3 atom stereocenters. The van der Waals surface area contributed by atoms with E-state index in [1.807, 2.05) is 6.92 Å². The summed E-state index contributed by atoms with van der Waals surface area (Å²) in [7, 11) is -2.31. The van der Waals surface area contributed by atoms with Crippen LogP contribution in [0.5, 0.6) is 5.88 Å². The second-order valence-electron chi connectivity index (χ2n) is 9.53. The van der Waals surface area contributed by atoms with Crippen LogP contribution in [-0.2, 0) is 10.0 Å². The number of likely N-dealkylation sites (N-methyl/N-ethyl adjacent to an activating group) is 1. The summed E-state index contributed by atoms with van der Waals surface area (Å²) in [4.78, 5) is 19.6. The minimum atomic E-state index is -3.79. The molecule has 10 heteroatoms. The average Bonchev–Trinajstić information content (AvgIpc) is 2.94. The van der Waals surface area contributed by atoms with Crippen LogP contribution in [0.15, 0.2) is 71.8 Å². The number of pyridine rings is 1. The van der Waals surface area contributed by atoms with E-state index >= 15 is 0 Å². The molecule has 0 fully saturated rings. The first-order valence-electron chi connectivity index (χ1n) is 12.5. The molecule has 204 valence electrons. The molecule has 1 N–H and O–H groups in total. The monoisotopic (exact) mass is 551 g/mol. The van der Waals surface area contributed by atoms with Crippen molar-refractivity contribution in [3.05, 3.63) is 89.4 Å². The Labute approximate surface area is 228 Å². The molecule has 0 aliphatic carbocycles. The topological polar surface area (TPSA) is 100 Å². The maximum Gasteiger partial charge on any atom is 0.259 e. The van der Waals surface area contributed by atoms with Crippen LogP contribution >= 0.6 is 0 Å². The molecule has 0 saturated heterocycles. The number of hydrogen-bond donors (Lipinski definition) is 1. The number of aliphatic hydroxyl groups excluding tert-OH is 1. The van der Waals surface area contributed by atoms with Crippen molar-refractivity contribution in [2.24, 2.45) is 5.92 Å². The van der Waals surface area contributed by atoms with Crippen LogP contribution in [0.2, 0.25) is 0 Å². The third-order valence-electron chi connectivity index (χ3n) is 6.62. The van der Waals surface area contributed by atoms with Crippen LogP contribution < -0.4 is 4.74 Å². The first kappa shape index (κ1) is 28.2. The number of sulfonamides is 1. The van der Waals surface area contributed by atoms with Crippen molar-refractivity contribution < 1.29 is 27.4 Å². The van der Waals surface area contributed by atoms with E-state index in [1.165, 1.54) is 46.7 Å². The van der Waals surface area contributed by atoms with Gasteiger partial charge in [0.15, 0.2) is 0 Å². The zero-order valence-electron chi connectivity index (χ0n) is 21.9. The number of carbonyl (C=O) groups is 1. The number of aliphatic hydroxyl groups is 1. The lowest BCUT2D eigenvalue weighted by molar-refractivity contribution is 0.0373. The quantitative estimate of drug-likeness (QED) is 0.473. The van der Waals surface area contributed by atoms with E-state index in [9.17, 15) is 22.7 Å². The van der Waals surface area contributed by atoms with Crippen LogP contribution in [0, 0.1) is 23.6 Å². The fourth-order valence-electron chi connectivity index (χ4n) is 4.21. The molecular formula is C29H30FN3O5S. The lowest BCUT2D eigenvalue weighted by atomic mass is 10.0. The molecule has 1 aliphatic heterocycles. The van der Waals surface area contributed by atoms with Gasteiger partial charge in [-0.2, -0.15) is 4.31 Å². The summed E-state index contributed by atoms with van der Waals surface area (Å²) in [5.41, 5.74) is 0.708. The lowest BCUT2D eigenvalue weighted by Crippen LogP contribution is -2.50. The molecule has 8 nitrogen and oxygen atoms in total. The standard InChI is InChI=1S/C29H30FN3O5S/c1-20-17-33(21(2)19-34)29(35)25-15-22(13-14-23-9-7-8-12-26(23)30)16-31-28(25)38-27(20)18-32(3)39(36,37)24-10-5-4-6-11-24/h4-12,15-16,20-21,27,34H,17-19H2,1-3H3/t20-,21+,27+/m1/s1. The molecule has 2 heterocycles. The summed E-state index contributed by atoms with van der Waals surface area (Å²) in [6.45, 7) is 3.54. The molecule has 1 amide bonds. The summed E-state index contributed by atoms with van der Waals surface area (Å²) in [6, 6.07) is 15.2. The molecule has 0 saturated carbocycles. The maximum atomic E-state index is 14.0. The second-order valence-corrected chi connectivity index (χ2v) is 11.6. The van der Waals surface area contributed by atoms with Crippen LogP contribution in [0.3, 0.4) is 0 Å². The van der Waals surface area contributed by atoms with E-state index in [2.05, 4.69) is 16.8 Å². The lowest BCUT2D eigenvalue weighted by Gasteiger charge is -2.37. The van der Waals surface area contributed by atoms with Crippen molar-refractivity contribution in [1.82, 2.24) is 14.2 Å². The predicted molar refractivity (Wildman–Crippen MR) is 144 cm³/mol. The fourth-order valence-corrected chi connectivity index (χ4v) is 5.42. The molecular weight excluding hydrogens is 521 g/mol. The number of rotatable bonds is 6. The number of amides is 1. The molecule has 1 aliphatic rings. The zero-order chi connectivity index (χ0) is 28.2. The SMILES string of the molecule is C[C@@H]1CN([C@@H](C)CO)C(=O)c2cc(C#Cc3ccccc3F)cnc2O[C@H]1CN(C)S(=O)(=O)c1ccccc1. The Morgan fingerprint density at radius 3 is 2.56 bits per heavy atom. The maximum absolute atomic E-state index is 14.0. The van der Waals surface area contributed by atoms with Gasteiger partial charge in [0, 0.05) is 31.3 Å². The van der Waals surface area contributed by atoms with Crippen molar-refractivity contribution >= 4 is 15.9 Å². The first-order chi connectivity index (χ1) is 18.6. The molecule has 0 spiro atoms. The van der Waals surface area contributed by atoms with E-state index in [0.717, 1.165) is 0 Å². The molecule has 1 aromatic heterocycles. The second kappa shape index (κ2) is 11.9. The van der Waals surface area contributed by atoms with Crippen LogP contribution in [0.4, 0.5) is 4.39 Å². The third kappa shape index (κ3) is 6.28. The first-order valence-corrected chi connectivity index (χ1v) is 13.9. The summed E-state index contributed by atoms with van der Waals surface area (Å²) >= 11 is 0. The van der Waals surface area contributed by atoms with E-state index in [0.29, 0.717) is 5.56 Å². The number of nitrogens with zero attached hydrogens (tertiary/aromatic N) is 3. The molecule has 39 heavy (non-hydrogen) atoms. The van der Waals surface area contributed by atoms with E-state index in [4.69, 9.17) is 4.74 Å². The van der Waals surface area contributed by atoms with Crippen molar-refractivity contribution in [3.63, 3.8) is 0 Å². The van der Waals surface area contributed by atoms with Gasteiger partial charge in [-0.15, -0.1) is 0 Å². The smallest absolute Gasteiger partial charge is 0.259 e. The summed E-state index contributed by atoms with van der Waals surface area (Å²) in [5, 5.41) is 9.85. The highest BCUT2D eigenvalue weighted by Gasteiger charge is 2.35. The highest BCUT2D eigenvalue weighted by Crippen LogP contribution is 2.28. The van der Waals surface area contributed by atoms with Gasteiger partial charge >= 0.3 is 0 Å². The van der Waals surface area contributed by atoms with Gasteiger partial charge in [0.05, 0.1) is 29.7 Å². The van der Waals surface area contributed by atoms with Gasteiger partial charge in [-0.1, -0.05) is 49.1 Å². The molecule has 2 aromatic carbocycles. The normalized spacial score (nSPS) is 18.3. The van der Waals surface area contributed by atoms with Crippen molar-refractivity contribution in [3.8, 4) is 17.7 Å². The van der Waals surface area contributed by atoms with Crippen molar-refractivity contribution in [2.75, 3.05) is 26.7 Å². The Morgan fingerprint density at radius 2 is 1.87 bits per heavy atom. The number of aromatic nitrogens is 1. The largest absolute Gasteiger partial charge is 0.472 e. The Kier molecular flexibility index (Phi) is 8.65. The van der Waals surface area contributed by atoms with Crippen LogP contribution in [0.1, 0.15) is 35.3 Å². The minimum Gasteiger partial charge on any atom is -0.472 e. The van der Waals surface area contributed by atoms with Crippen molar-refractivity contribution in [2.45, 2.75) is 30.9 Å².